The maximum absolute atomic E-state index is 11.4. The summed E-state index contributed by atoms with van der Waals surface area (Å²) < 4.78 is 0. The number of nitrogens with zero attached hydrogens (tertiary/aromatic N) is 3. The summed E-state index contributed by atoms with van der Waals surface area (Å²) in [5, 5.41) is 21.8. The van der Waals surface area contributed by atoms with E-state index in [-0.39, 0.29) is 5.69 Å². The van der Waals surface area contributed by atoms with Crippen molar-refractivity contribution < 1.29 is 4.92 Å². The Morgan fingerprint density at radius 3 is 2.86 bits per heavy atom. The zero-order valence-corrected chi connectivity index (χ0v) is 11.4. The van der Waals surface area contributed by atoms with Crippen LogP contribution < -0.4 is 0 Å². The minimum absolute atomic E-state index is 0.0347. The fourth-order valence-corrected chi connectivity index (χ4v) is 2.84. The molecule has 0 saturated carbocycles. The molecule has 0 amide bonds. The summed E-state index contributed by atoms with van der Waals surface area (Å²) >= 11 is 0. The standard InChI is InChI=1S/C16H10N4O2/c1-2-11-15-12(19-18-11)7-13(20(21)22)16-14(15)10-6-4-3-5-9(10)8-17-16/h2-8H,1H2,(H,18,19). The van der Waals surface area contributed by atoms with E-state index in [1.807, 2.05) is 24.3 Å². The fraction of sp³-hybridized carbons (Fsp3) is 0. The van der Waals surface area contributed by atoms with Gasteiger partial charge in [-0.05, 0) is 11.5 Å². The predicted octanol–water partition coefficient (Wildman–Crippen LogP) is 3.82. The van der Waals surface area contributed by atoms with Crippen molar-refractivity contribution in [1.82, 2.24) is 15.2 Å². The number of nitrogens with one attached hydrogen (secondary N) is 1. The van der Waals surface area contributed by atoms with Gasteiger partial charge in [0.1, 0.15) is 5.52 Å². The smallest absolute Gasteiger partial charge is 0.277 e. The zero-order chi connectivity index (χ0) is 15.3. The largest absolute Gasteiger partial charge is 0.297 e. The summed E-state index contributed by atoms with van der Waals surface area (Å²) in [7, 11) is 0. The molecule has 0 aliphatic carbocycles. The van der Waals surface area contributed by atoms with Crippen molar-refractivity contribution in [2.24, 2.45) is 0 Å². The molecule has 106 valence electrons. The SMILES string of the molecule is C=Cc1n[nH]c2cc([N+](=O)[O-])c3ncc4ccccc4c3c12. The molecule has 0 fully saturated rings. The lowest BCUT2D eigenvalue weighted by Crippen LogP contribution is -1.93. The number of aromatic nitrogens is 3. The Morgan fingerprint density at radius 1 is 1.27 bits per heavy atom. The van der Waals surface area contributed by atoms with Crippen LogP contribution in [0.2, 0.25) is 0 Å². The van der Waals surface area contributed by atoms with Gasteiger partial charge < -0.3 is 0 Å². The van der Waals surface area contributed by atoms with Crippen molar-refractivity contribution in [2.75, 3.05) is 0 Å². The Kier molecular flexibility index (Phi) is 2.47. The topological polar surface area (TPSA) is 84.7 Å². The molecule has 22 heavy (non-hydrogen) atoms. The Balaban J connectivity index is 2.39. The number of pyridine rings is 1. The Hall–Kier alpha value is -3.28. The third-order valence-electron chi connectivity index (χ3n) is 3.79. The van der Waals surface area contributed by atoms with Crippen LogP contribution in [-0.2, 0) is 0 Å². The number of hydrogen-bond acceptors (Lipinski definition) is 4. The number of rotatable bonds is 2. The maximum Gasteiger partial charge on any atom is 0.297 e. The third kappa shape index (κ3) is 1.54. The molecular weight excluding hydrogens is 280 g/mol. The van der Waals surface area contributed by atoms with E-state index < -0.39 is 4.92 Å². The average Bonchev–Trinajstić information content (AvgIpc) is 2.96. The second-order valence-electron chi connectivity index (χ2n) is 4.96. The molecule has 0 bridgehead atoms. The number of H-pyrrole nitrogens is 1. The first-order valence-corrected chi connectivity index (χ1v) is 6.66. The molecule has 0 aliphatic rings. The molecule has 1 N–H and O–H groups in total. The Bertz CT molecular complexity index is 1080. The van der Waals surface area contributed by atoms with Crippen molar-refractivity contribution in [2.45, 2.75) is 0 Å². The average molecular weight is 290 g/mol. The van der Waals surface area contributed by atoms with Crippen molar-refractivity contribution in [1.29, 1.82) is 0 Å². The van der Waals surface area contributed by atoms with Crippen LogP contribution in [0.25, 0.3) is 38.7 Å². The van der Waals surface area contributed by atoms with Crippen LogP contribution >= 0.6 is 0 Å². The monoisotopic (exact) mass is 290 g/mol. The van der Waals surface area contributed by atoms with Crippen molar-refractivity contribution in [3.05, 3.63) is 58.9 Å². The molecule has 4 rings (SSSR count). The van der Waals surface area contributed by atoms with Gasteiger partial charge >= 0.3 is 0 Å². The molecule has 2 aromatic heterocycles. The molecule has 0 unspecified atom stereocenters. The van der Waals surface area contributed by atoms with Gasteiger partial charge in [0, 0.05) is 28.4 Å². The van der Waals surface area contributed by atoms with Crippen LogP contribution in [0.15, 0.2) is 43.1 Å². The molecular formula is C16H10N4O2. The highest BCUT2D eigenvalue weighted by molar-refractivity contribution is 6.22. The van der Waals surface area contributed by atoms with Crippen LogP contribution in [0.5, 0.6) is 0 Å². The summed E-state index contributed by atoms with van der Waals surface area (Å²) in [6, 6.07) is 9.15. The van der Waals surface area contributed by atoms with Gasteiger partial charge in [-0.3, -0.25) is 15.2 Å². The first-order chi connectivity index (χ1) is 10.7. The quantitative estimate of drug-likeness (QED) is 0.345. The third-order valence-corrected chi connectivity index (χ3v) is 3.79. The van der Waals surface area contributed by atoms with E-state index in [0.717, 1.165) is 21.5 Å². The lowest BCUT2D eigenvalue weighted by Gasteiger charge is -2.06. The predicted molar refractivity (Wildman–Crippen MR) is 85.6 cm³/mol. The van der Waals surface area contributed by atoms with E-state index in [4.69, 9.17) is 0 Å². The van der Waals surface area contributed by atoms with Gasteiger partial charge in [-0.2, -0.15) is 5.10 Å². The summed E-state index contributed by atoms with van der Waals surface area (Å²) in [6.07, 6.45) is 3.29. The van der Waals surface area contributed by atoms with Gasteiger partial charge in [-0.1, -0.05) is 30.8 Å². The molecule has 0 atom stereocenters. The molecule has 0 radical (unpaired) electrons. The van der Waals surface area contributed by atoms with Gasteiger partial charge in [0.25, 0.3) is 5.69 Å². The number of benzene rings is 2. The number of nitro groups is 1. The highest BCUT2D eigenvalue weighted by Gasteiger charge is 2.21. The molecule has 0 saturated heterocycles. The number of nitro benzene ring substituents is 1. The van der Waals surface area contributed by atoms with Crippen LogP contribution in [0.4, 0.5) is 5.69 Å². The van der Waals surface area contributed by atoms with Crippen molar-refractivity contribution >= 4 is 44.3 Å². The minimum atomic E-state index is -0.419. The van der Waals surface area contributed by atoms with Gasteiger partial charge in [-0.15, -0.1) is 0 Å². The Labute approximate surface area is 124 Å². The Morgan fingerprint density at radius 2 is 2.09 bits per heavy atom. The highest BCUT2D eigenvalue weighted by Crippen LogP contribution is 2.37. The summed E-state index contributed by atoms with van der Waals surface area (Å²) in [6.45, 7) is 3.76. The molecule has 2 aromatic carbocycles. The summed E-state index contributed by atoms with van der Waals surface area (Å²) in [4.78, 5) is 15.3. The number of fused-ring (bicyclic) bond motifs is 5. The fourth-order valence-electron chi connectivity index (χ4n) is 2.84. The number of hydrogen-bond donors (Lipinski definition) is 1. The first-order valence-electron chi connectivity index (χ1n) is 6.66. The minimum Gasteiger partial charge on any atom is -0.277 e. The first kappa shape index (κ1) is 12.5. The highest BCUT2D eigenvalue weighted by atomic mass is 16.6. The van der Waals surface area contributed by atoms with E-state index in [1.54, 1.807) is 12.3 Å². The maximum atomic E-state index is 11.4. The van der Waals surface area contributed by atoms with E-state index in [2.05, 4.69) is 21.8 Å². The number of aromatic amines is 1. The van der Waals surface area contributed by atoms with E-state index >= 15 is 0 Å². The zero-order valence-electron chi connectivity index (χ0n) is 11.4. The normalized spacial score (nSPS) is 11.3. The summed E-state index contributed by atoms with van der Waals surface area (Å²) in [5.41, 5.74) is 1.59. The van der Waals surface area contributed by atoms with E-state index in [1.165, 1.54) is 6.07 Å². The van der Waals surface area contributed by atoms with E-state index in [0.29, 0.717) is 16.7 Å². The van der Waals surface area contributed by atoms with Crippen LogP contribution in [0.1, 0.15) is 5.69 Å². The van der Waals surface area contributed by atoms with Gasteiger partial charge in [0.2, 0.25) is 0 Å². The molecule has 2 heterocycles. The second-order valence-corrected chi connectivity index (χ2v) is 4.96. The van der Waals surface area contributed by atoms with Crippen molar-refractivity contribution in [3.63, 3.8) is 0 Å². The lowest BCUT2D eigenvalue weighted by atomic mass is 10.0. The van der Waals surface area contributed by atoms with Gasteiger partial charge in [0.05, 0.1) is 16.1 Å². The lowest BCUT2D eigenvalue weighted by molar-refractivity contribution is -0.383. The van der Waals surface area contributed by atoms with Gasteiger partial charge in [0.15, 0.2) is 0 Å². The van der Waals surface area contributed by atoms with Crippen molar-refractivity contribution in [3.8, 4) is 0 Å². The van der Waals surface area contributed by atoms with Gasteiger partial charge in [-0.25, -0.2) is 4.98 Å². The van der Waals surface area contributed by atoms with Crippen LogP contribution in [0.3, 0.4) is 0 Å². The van der Waals surface area contributed by atoms with E-state index in [9.17, 15) is 10.1 Å². The molecule has 0 spiro atoms. The molecule has 6 nitrogen and oxygen atoms in total. The molecule has 4 aromatic rings. The second kappa shape index (κ2) is 4.36. The number of non-ortho nitro benzene ring substituents is 1. The summed E-state index contributed by atoms with van der Waals surface area (Å²) in [5.74, 6) is 0. The molecule has 0 aliphatic heterocycles. The van der Waals surface area contributed by atoms with Crippen LogP contribution in [-0.4, -0.2) is 20.1 Å². The van der Waals surface area contributed by atoms with Crippen LogP contribution in [0, 0.1) is 10.1 Å². The molecule has 6 heteroatoms.